The second-order valence-electron chi connectivity index (χ2n) is 3.43. The number of aromatic nitrogens is 1. The number of carbonyl (C=O) groups excluding carboxylic acids is 2. The number of nitrogens with zero attached hydrogens (tertiary/aromatic N) is 1. The molecule has 0 atom stereocenters. The van der Waals surface area contributed by atoms with Gasteiger partial charge in [0.15, 0.2) is 0 Å². The number of carbonyl (C=O) groups is 2. The molecule has 0 aliphatic carbocycles. The number of anilines is 1. The van der Waals surface area contributed by atoms with Crippen LogP contribution in [0.4, 0.5) is 18.9 Å². The van der Waals surface area contributed by atoms with E-state index in [4.69, 9.17) is 5.73 Å². The minimum atomic E-state index is -4.55. The standard InChI is InChI=1S/C10H11F3N4O2/c11-10(12,13)7-2-1-6(5-16-7)17-9(19)8(18)15-4-3-14/h1-2,5H,3-4,14H2,(H,15,18)(H,17,19). The van der Waals surface area contributed by atoms with Gasteiger partial charge in [-0.25, -0.2) is 4.98 Å². The lowest BCUT2D eigenvalue weighted by Crippen LogP contribution is -2.38. The van der Waals surface area contributed by atoms with Gasteiger partial charge in [0.1, 0.15) is 5.69 Å². The Morgan fingerprint density at radius 2 is 1.95 bits per heavy atom. The molecule has 0 radical (unpaired) electrons. The number of nitrogens with one attached hydrogen (secondary N) is 2. The topological polar surface area (TPSA) is 97.1 Å². The van der Waals surface area contributed by atoms with Crippen LogP contribution < -0.4 is 16.4 Å². The molecule has 0 saturated carbocycles. The fourth-order valence-corrected chi connectivity index (χ4v) is 1.09. The van der Waals surface area contributed by atoms with Crippen molar-refractivity contribution < 1.29 is 22.8 Å². The highest BCUT2D eigenvalue weighted by Gasteiger charge is 2.32. The molecule has 1 aromatic heterocycles. The number of halogens is 3. The van der Waals surface area contributed by atoms with Crippen molar-refractivity contribution in [3.05, 3.63) is 24.0 Å². The van der Waals surface area contributed by atoms with Crippen molar-refractivity contribution in [2.24, 2.45) is 5.73 Å². The minimum absolute atomic E-state index is 0.0131. The Morgan fingerprint density at radius 3 is 2.42 bits per heavy atom. The lowest BCUT2D eigenvalue weighted by molar-refractivity contribution is -0.141. The summed E-state index contributed by atoms with van der Waals surface area (Å²) in [4.78, 5) is 25.6. The van der Waals surface area contributed by atoms with E-state index in [-0.39, 0.29) is 18.8 Å². The maximum absolute atomic E-state index is 12.2. The number of hydrogen-bond acceptors (Lipinski definition) is 4. The lowest BCUT2D eigenvalue weighted by Gasteiger charge is -2.07. The number of alkyl halides is 3. The number of amides is 2. The molecule has 1 aromatic rings. The molecular weight excluding hydrogens is 265 g/mol. The van der Waals surface area contributed by atoms with E-state index in [1.807, 2.05) is 0 Å². The average molecular weight is 276 g/mol. The number of pyridine rings is 1. The molecule has 0 aliphatic heterocycles. The van der Waals surface area contributed by atoms with Crippen molar-refractivity contribution in [3.63, 3.8) is 0 Å². The van der Waals surface area contributed by atoms with Crippen molar-refractivity contribution in [2.45, 2.75) is 6.18 Å². The van der Waals surface area contributed by atoms with E-state index in [0.29, 0.717) is 6.07 Å². The summed E-state index contributed by atoms with van der Waals surface area (Å²) in [5, 5.41) is 4.32. The summed E-state index contributed by atoms with van der Waals surface area (Å²) in [6, 6.07) is 1.71. The first-order chi connectivity index (χ1) is 8.84. The number of nitrogens with two attached hydrogens (primary N) is 1. The van der Waals surface area contributed by atoms with Crippen molar-refractivity contribution >= 4 is 17.5 Å². The summed E-state index contributed by atoms with van der Waals surface area (Å²) in [7, 11) is 0. The van der Waals surface area contributed by atoms with Gasteiger partial charge in [-0.3, -0.25) is 9.59 Å². The maximum Gasteiger partial charge on any atom is 0.433 e. The summed E-state index contributed by atoms with van der Waals surface area (Å²) in [5.41, 5.74) is 4.03. The summed E-state index contributed by atoms with van der Waals surface area (Å²) >= 11 is 0. The molecule has 4 N–H and O–H groups in total. The fourth-order valence-electron chi connectivity index (χ4n) is 1.09. The van der Waals surface area contributed by atoms with E-state index in [0.717, 1.165) is 12.3 Å². The van der Waals surface area contributed by atoms with Gasteiger partial charge >= 0.3 is 18.0 Å². The Bertz CT molecular complexity index is 459. The van der Waals surface area contributed by atoms with Crippen LogP contribution in [-0.4, -0.2) is 29.9 Å². The zero-order chi connectivity index (χ0) is 14.5. The van der Waals surface area contributed by atoms with Crippen LogP contribution in [0.2, 0.25) is 0 Å². The monoisotopic (exact) mass is 276 g/mol. The van der Waals surface area contributed by atoms with Gasteiger partial charge < -0.3 is 16.4 Å². The molecule has 6 nitrogen and oxygen atoms in total. The van der Waals surface area contributed by atoms with Gasteiger partial charge in [-0.2, -0.15) is 13.2 Å². The SMILES string of the molecule is NCCNC(=O)C(=O)Nc1ccc(C(F)(F)F)nc1. The van der Waals surface area contributed by atoms with E-state index >= 15 is 0 Å². The summed E-state index contributed by atoms with van der Waals surface area (Å²) in [6.07, 6.45) is -3.74. The van der Waals surface area contributed by atoms with E-state index < -0.39 is 23.7 Å². The molecule has 0 unspecified atom stereocenters. The quantitative estimate of drug-likeness (QED) is 0.683. The second-order valence-corrected chi connectivity index (χ2v) is 3.43. The van der Waals surface area contributed by atoms with E-state index in [1.54, 1.807) is 0 Å². The van der Waals surface area contributed by atoms with Crippen LogP contribution in [0.3, 0.4) is 0 Å². The van der Waals surface area contributed by atoms with Gasteiger partial charge in [0, 0.05) is 13.1 Å². The summed E-state index contributed by atoms with van der Waals surface area (Å²) in [5.74, 6) is -1.93. The van der Waals surface area contributed by atoms with Gasteiger partial charge in [-0.15, -0.1) is 0 Å². The molecule has 0 fully saturated rings. The summed E-state index contributed by atoms with van der Waals surface area (Å²) in [6.45, 7) is 0.290. The third-order valence-corrected chi connectivity index (χ3v) is 1.95. The molecule has 0 bridgehead atoms. The van der Waals surface area contributed by atoms with Crippen LogP contribution in [0, 0.1) is 0 Å². The predicted molar refractivity (Wildman–Crippen MR) is 59.9 cm³/mol. The van der Waals surface area contributed by atoms with Crippen LogP contribution in [0.1, 0.15) is 5.69 Å². The molecule has 0 spiro atoms. The maximum atomic E-state index is 12.2. The molecule has 9 heteroatoms. The molecular formula is C10H11F3N4O2. The second kappa shape index (κ2) is 6.14. The van der Waals surface area contributed by atoms with Crippen LogP contribution in [0.5, 0.6) is 0 Å². The van der Waals surface area contributed by atoms with E-state index in [9.17, 15) is 22.8 Å². The molecule has 104 valence electrons. The van der Waals surface area contributed by atoms with Crippen LogP contribution in [-0.2, 0) is 15.8 Å². The molecule has 0 saturated heterocycles. The van der Waals surface area contributed by atoms with Gasteiger partial charge in [0.25, 0.3) is 0 Å². The highest BCUT2D eigenvalue weighted by Crippen LogP contribution is 2.27. The highest BCUT2D eigenvalue weighted by molar-refractivity contribution is 6.39. The largest absolute Gasteiger partial charge is 0.433 e. The predicted octanol–water partition coefficient (Wildman–Crippen LogP) is 0.114. The highest BCUT2D eigenvalue weighted by atomic mass is 19.4. The zero-order valence-electron chi connectivity index (χ0n) is 9.62. The smallest absolute Gasteiger partial charge is 0.347 e. The zero-order valence-corrected chi connectivity index (χ0v) is 9.62. The lowest BCUT2D eigenvalue weighted by atomic mass is 10.3. The Morgan fingerprint density at radius 1 is 1.26 bits per heavy atom. The van der Waals surface area contributed by atoms with Gasteiger partial charge in [-0.05, 0) is 12.1 Å². The Labute approximate surface area is 106 Å². The van der Waals surface area contributed by atoms with Crippen LogP contribution in [0.25, 0.3) is 0 Å². The average Bonchev–Trinajstić information content (AvgIpc) is 2.35. The van der Waals surface area contributed by atoms with Crippen molar-refractivity contribution in [1.82, 2.24) is 10.3 Å². The van der Waals surface area contributed by atoms with E-state index in [1.165, 1.54) is 0 Å². The van der Waals surface area contributed by atoms with Crippen LogP contribution in [0.15, 0.2) is 18.3 Å². The molecule has 1 rings (SSSR count). The summed E-state index contributed by atoms with van der Waals surface area (Å²) < 4.78 is 36.7. The van der Waals surface area contributed by atoms with E-state index in [2.05, 4.69) is 15.6 Å². The Kier molecular flexibility index (Phi) is 4.81. The van der Waals surface area contributed by atoms with Crippen LogP contribution >= 0.6 is 0 Å². The van der Waals surface area contributed by atoms with Crippen molar-refractivity contribution in [1.29, 1.82) is 0 Å². The number of hydrogen-bond donors (Lipinski definition) is 3. The molecule has 0 aliphatic rings. The normalized spacial score (nSPS) is 10.9. The molecule has 1 heterocycles. The first-order valence-electron chi connectivity index (χ1n) is 5.17. The number of rotatable bonds is 3. The minimum Gasteiger partial charge on any atom is -0.347 e. The molecule has 2 amide bonds. The molecule has 19 heavy (non-hydrogen) atoms. The third kappa shape index (κ3) is 4.54. The first-order valence-corrected chi connectivity index (χ1v) is 5.17. The fraction of sp³-hybridized carbons (Fsp3) is 0.300. The molecule has 0 aromatic carbocycles. The van der Waals surface area contributed by atoms with Gasteiger partial charge in [0.2, 0.25) is 0 Å². The van der Waals surface area contributed by atoms with Crippen molar-refractivity contribution in [2.75, 3.05) is 18.4 Å². The Hall–Kier alpha value is -2.16. The first kappa shape index (κ1) is 14.9. The van der Waals surface area contributed by atoms with Gasteiger partial charge in [0.05, 0.1) is 11.9 Å². The van der Waals surface area contributed by atoms with Gasteiger partial charge in [-0.1, -0.05) is 0 Å². The Balaban J connectivity index is 2.63. The third-order valence-electron chi connectivity index (χ3n) is 1.95. The van der Waals surface area contributed by atoms with Crippen molar-refractivity contribution in [3.8, 4) is 0 Å².